The SMILES string of the molecule is O=C(N[C@]1(c2ccc(OC(F)(F)F)cc2)CCOc2cccnc21)c1cc2ccccc2cn1. The van der Waals surface area contributed by atoms with Crippen LogP contribution in [0.5, 0.6) is 11.5 Å². The Labute approximate surface area is 192 Å². The third-order valence-corrected chi connectivity index (χ3v) is 5.68. The van der Waals surface area contributed by atoms with Gasteiger partial charge in [0.05, 0.1) is 6.61 Å². The van der Waals surface area contributed by atoms with E-state index in [9.17, 15) is 18.0 Å². The number of carbonyl (C=O) groups excluding carboxylic acids is 1. The number of rotatable bonds is 4. The second-order valence-corrected chi connectivity index (χ2v) is 7.80. The molecule has 0 bridgehead atoms. The van der Waals surface area contributed by atoms with Crippen molar-refractivity contribution in [3.05, 3.63) is 96.1 Å². The second kappa shape index (κ2) is 8.33. The molecule has 0 unspecified atom stereocenters. The summed E-state index contributed by atoms with van der Waals surface area (Å²) in [7, 11) is 0. The van der Waals surface area contributed by atoms with Gasteiger partial charge in [0.2, 0.25) is 0 Å². The molecule has 1 N–H and O–H groups in total. The van der Waals surface area contributed by atoms with Crippen molar-refractivity contribution in [2.24, 2.45) is 0 Å². The molecular weight excluding hydrogens is 447 g/mol. The maximum Gasteiger partial charge on any atom is 0.573 e. The fourth-order valence-electron chi connectivity index (χ4n) is 4.14. The van der Waals surface area contributed by atoms with Gasteiger partial charge in [-0.05, 0) is 41.3 Å². The second-order valence-electron chi connectivity index (χ2n) is 7.80. The first kappa shape index (κ1) is 21.7. The van der Waals surface area contributed by atoms with Crippen molar-refractivity contribution >= 4 is 16.7 Å². The highest BCUT2D eigenvalue weighted by Crippen LogP contribution is 2.41. The van der Waals surface area contributed by atoms with E-state index in [0.29, 0.717) is 23.4 Å². The minimum Gasteiger partial charge on any atom is -0.491 e. The van der Waals surface area contributed by atoms with E-state index in [1.165, 1.54) is 24.3 Å². The zero-order chi connectivity index (χ0) is 23.8. The Balaban J connectivity index is 1.56. The first-order valence-corrected chi connectivity index (χ1v) is 10.5. The van der Waals surface area contributed by atoms with Crippen LogP contribution in [0.15, 0.2) is 79.1 Å². The first-order valence-electron chi connectivity index (χ1n) is 10.5. The summed E-state index contributed by atoms with van der Waals surface area (Å²) in [6.07, 6.45) is -1.29. The number of amides is 1. The van der Waals surface area contributed by atoms with Crippen molar-refractivity contribution in [3.8, 4) is 11.5 Å². The molecule has 1 aliphatic rings. The Morgan fingerprint density at radius 3 is 2.53 bits per heavy atom. The van der Waals surface area contributed by atoms with Gasteiger partial charge in [-0.25, -0.2) is 0 Å². The fourth-order valence-corrected chi connectivity index (χ4v) is 4.14. The van der Waals surface area contributed by atoms with Crippen LogP contribution in [0.1, 0.15) is 28.2 Å². The number of benzene rings is 2. The summed E-state index contributed by atoms with van der Waals surface area (Å²) >= 11 is 0. The van der Waals surface area contributed by atoms with E-state index in [0.717, 1.165) is 10.8 Å². The van der Waals surface area contributed by atoms with Gasteiger partial charge in [0.15, 0.2) is 0 Å². The molecule has 1 atom stereocenters. The number of alkyl halides is 3. The summed E-state index contributed by atoms with van der Waals surface area (Å²) in [5.74, 6) is -0.321. The summed E-state index contributed by atoms with van der Waals surface area (Å²) < 4.78 is 47.6. The predicted molar refractivity (Wildman–Crippen MR) is 117 cm³/mol. The maximum atomic E-state index is 13.4. The highest BCUT2D eigenvalue weighted by molar-refractivity contribution is 5.97. The van der Waals surface area contributed by atoms with Crippen molar-refractivity contribution in [2.75, 3.05) is 6.61 Å². The van der Waals surface area contributed by atoms with Crippen LogP contribution in [0.4, 0.5) is 13.2 Å². The van der Waals surface area contributed by atoms with Gasteiger partial charge in [0.1, 0.15) is 28.4 Å². The van der Waals surface area contributed by atoms with Crippen LogP contribution in [0, 0.1) is 0 Å². The van der Waals surface area contributed by atoms with Crippen molar-refractivity contribution < 1.29 is 27.4 Å². The third-order valence-electron chi connectivity index (χ3n) is 5.68. The van der Waals surface area contributed by atoms with E-state index in [2.05, 4.69) is 20.0 Å². The standard InChI is InChI=1S/C25H18F3N3O3/c26-25(27,28)34-19-9-7-18(8-10-19)24(11-13-33-21-6-3-12-29-22(21)24)31-23(32)20-14-16-4-1-2-5-17(16)15-30-20/h1-10,12,14-15H,11,13H2,(H,31,32)/t24-/m0/s1. The average molecular weight is 465 g/mol. The van der Waals surface area contributed by atoms with E-state index < -0.39 is 17.8 Å². The highest BCUT2D eigenvalue weighted by Gasteiger charge is 2.43. The van der Waals surface area contributed by atoms with E-state index >= 15 is 0 Å². The molecule has 0 spiro atoms. The Morgan fingerprint density at radius 2 is 1.76 bits per heavy atom. The van der Waals surface area contributed by atoms with Crippen LogP contribution < -0.4 is 14.8 Å². The third kappa shape index (κ3) is 4.12. The number of carbonyl (C=O) groups is 1. The Bertz CT molecular complexity index is 1360. The fraction of sp³-hybridized carbons (Fsp3) is 0.160. The molecule has 4 aromatic rings. The molecule has 0 radical (unpaired) electrons. The van der Waals surface area contributed by atoms with Crippen LogP contribution in [-0.4, -0.2) is 28.8 Å². The summed E-state index contributed by atoms with van der Waals surface area (Å²) in [6, 6.07) is 18.1. The number of aromatic nitrogens is 2. The smallest absolute Gasteiger partial charge is 0.491 e. The molecule has 1 amide bonds. The van der Waals surface area contributed by atoms with Gasteiger partial charge in [-0.3, -0.25) is 14.8 Å². The van der Waals surface area contributed by atoms with Crippen molar-refractivity contribution in [1.29, 1.82) is 0 Å². The van der Waals surface area contributed by atoms with Gasteiger partial charge in [-0.15, -0.1) is 13.2 Å². The number of ether oxygens (including phenoxy) is 2. The van der Waals surface area contributed by atoms with Crippen LogP contribution in [-0.2, 0) is 5.54 Å². The Kier molecular flexibility index (Phi) is 5.31. The number of nitrogens with zero attached hydrogens (tertiary/aromatic N) is 2. The van der Waals surface area contributed by atoms with Gasteiger partial charge in [0.25, 0.3) is 5.91 Å². The minimum absolute atomic E-state index is 0.207. The number of fused-ring (bicyclic) bond motifs is 2. The lowest BCUT2D eigenvalue weighted by Gasteiger charge is -2.39. The van der Waals surface area contributed by atoms with Crippen LogP contribution >= 0.6 is 0 Å². The molecule has 34 heavy (non-hydrogen) atoms. The molecule has 0 saturated heterocycles. The quantitative estimate of drug-likeness (QED) is 0.460. The first-order chi connectivity index (χ1) is 16.3. The molecule has 0 aliphatic carbocycles. The summed E-state index contributed by atoms with van der Waals surface area (Å²) in [5.41, 5.74) is 0.0640. The zero-order valence-electron chi connectivity index (χ0n) is 17.7. The van der Waals surface area contributed by atoms with Crippen molar-refractivity contribution in [1.82, 2.24) is 15.3 Å². The van der Waals surface area contributed by atoms with Crippen LogP contribution in [0.2, 0.25) is 0 Å². The lowest BCUT2D eigenvalue weighted by Crippen LogP contribution is -2.50. The molecule has 6 nitrogen and oxygen atoms in total. The number of hydrogen-bond donors (Lipinski definition) is 1. The molecular formula is C25H18F3N3O3. The van der Waals surface area contributed by atoms with Crippen molar-refractivity contribution in [2.45, 2.75) is 18.3 Å². The largest absolute Gasteiger partial charge is 0.573 e. The lowest BCUT2D eigenvalue weighted by molar-refractivity contribution is -0.274. The molecule has 2 aromatic carbocycles. The van der Waals surface area contributed by atoms with Gasteiger partial charge < -0.3 is 14.8 Å². The number of hydrogen-bond acceptors (Lipinski definition) is 5. The Morgan fingerprint density at radius 1 is 1.00 bits per heavy atom. The van der Waals surface area contributed by atoms with Crippen LogP contribution in [0.25, 0.3) is 10.8 Å². The lowest BCUT2D eigenvalue weighted by atomic mass is 9.81. The van der Waals surface area contributed by atoms with E-state index in [-0.39, 0.29) is 18.1 Å². The molecule has 1 aliphatic heterocycles. The summed E-state index contributed by atoms with van der Waals surface area (Å²) in [5, 5.41) is 4.80. The monoisotopic (exact) mass is 465 g/mol. The molecule has 3 heterocycles. The van der Waals surface area contributed by atoms with Gasteiger partial charge >= 0.3 is 6.36 Å². The predicted octanol–water partition coefficient (Wildman–Crippen LogP) is 4.98. The molecule has 2 aromatic heterocycles. The van der Waals surface area contributed by atoms with Crippen LogP contribution in [0.3, 0.4) is 0 Å². The molecule has 172 valence electrons. The number of pyridine rings is 2. The molecule has 5 rings (SSSR count). The van der Waals surface area contributed by atoms with Crippen molar-refractivity contribution in [3.63, 3.8) is 0 Å². The molecule has 0 saturated carbocycles. The normalized spacial score (nSPS) is 17.5. The van der Waals surface area contributed by atoms with E-state index in [1.807, 2.05) is 24.3 Å². The highest BCUT2D eigenvalue weighted by atomic mass is 19.4. The number of halogens is 3. The molecule has 0 fully saturated rings. The van der Waals surface area contributed by atoms with Gasteiger partial charge in [0, 0.05) is 24.2 Å². The van der Waals surface area contributed by atoms with E-state index in [1.54, 1.807) is 30.6 Å². The van der Waals surface area contributed by atoms with Gasteiger partial charge in [-0.1, -0.05) is 36.4 Å². The number of nitrogens with one attached hydrogen (secondary N) is 1. The molecule has 9 heteroatoms. The maximum absolute atomic E-state index is 13.4. The van der Waals surface area contributed by atoms with E-state index in [4.69, 9.17) is 4.74 Å². The minimum atomic E-state index is -4.80. The summed E-state index contributed by atoms with van der Waals surface area (Å²) in [4.78, 5) is 22.1. The Hall–Kier alpha value is -4.14. The topological polar surface area (TPSA) is 73.3 Å². The van der Waals surface area contributed by atoms with Gasteiger partial charge in [-0.2, -0.15) is 0 Å². The zero-order valence-corrected chi connectivity index (χ0v) is 17.7. The average Bonchev–Trinajstić information content (AvgIpc) is 2.83. The summed E-state index contributed by atoms with van der Waals surface area (Å²) in [6.45, 7) is 0.269.